The number of aliphatic hydroxyl groups excluding tert-OH is 1. The van der Waals surface area contributed by atoms with Crippen LogP contribution in [-0.4, -0.2) is 75.8 Å². The highest BCUT2D eigenvalue weighted by atomic mass is 16.7. The molecular weight excluding hydrogens is 648 g/mol. The summed E-state index contributed by atoms with van der Waals surface area (Å²) in [5.74, 6) is 0.244. The molecule has 0 radical (unpaired) electrons. The number of anilines is 1. The van der Waals surface area contributed by atoms with Crippen LogP contribution in [0.25, 0.3) is 11.1 Å². The third-order valence-corrected chi connectivity index (χ3v) is 9.40. The van der Waals surface area contributed by atoms with Crippen molar-refractivity contribution in [1.82, 2.24) is 25.7 Å². The fourth-order valence-corrected chi connectivity index (χ4v) is 6.52. The van der Waals surface area contributed by atoms with Gasteiger partial charge >= 0.3 is 0 Å². The lowest BCUT2D eigenvalue weighted by Crippen LogP contribution is -2.50. The molecule has 0 bridgehead atoms. The summed E-state index contributed by atoms with van der Waals surface area (Å²) in [5, 5.41) is 21.1. The van der Waals surface area contributed by atoms with E-state index >= 15 is 0 Å². The molecular formula is C39H46N6O6. The minimum absolute atomic E-state index is 0.000886. The molecule has 12 nitrogen and oxygen atoms in total. The highest BCUT2D eigenvalue weighted by molar-refractivity contribution is 5.76. The van der Waals surface area contributed by atoms with Gasteiger partial charge in [0.15, 0.2) is 6.29 Å². The molecule has 3 heterocycles. The van der Waals surface area contributed by atoms with E-state index in [9.17, 15) is 14.7 Å². The number of piperazine rings is 1. The number of amides is 2. The van der Waals surface area contributed by atoms with Crippen LogP contribution >= 0.6 is 0 Å². The van der Waals surface area contributed by atoms with Gasteiger partial charge in [-0.2, -0.15) is 0 Å². The Kier molecular flexibility index (Phi) is 12.7. The zero-order valence-electron chi connectivity index (χ0n) is 28.7. The van der Waals surface area contributed by atoms with E-state index in [0.717, 1.165) is 78.5 Å². The number of hydrogen-bond donors (Lipinski definition) is 4. The molecule has 3 aromatic carbocycles. The molecule has 4 N–H and O–H groups in total. The molecule has 2 amide bonds. The van der Waals surface area contributed by atoms with Gasteiger partial charge in [0, 0.05) is 76.5 Å². The summed E-state index contributed by atoms with van der Waals surface area (Å²) in [7, 11) is 0. The van der Waals surface area contributed by atoms with Crippen molar-refractivity contribution >= 4 is 17.8 Å². The molecule has 3 unspecified atom stereocenters. The summed E-state index contributed by atoms with van der Waals surface area (Å²) in [4.78, 5) is 36.9. The highest BCUT2D eigenvalue weighted by Crippen LogP contribution is 2.39. The van der Waals surface area contributed by atoms with Crippen LogP contribution in [0.5, 0.6) is 0 Å². The van der Waals surface area contributed by atoms with Gasteiger partial charge in [-0.1, -0.05) is 66.7 Å². The molecule has 0 spiro atoms. The van der Waals surface area contributed by atoms with Gasteiger partial charge in [-0.3, -0.25) is 19.7 Å². The number of benzene rings is 3. The molecule has 4 aromatic rings. The van der Waals surface area contributed by atoms with Gasteiger partial charge in [0.2, 0.25) is 17.8 Å². The van der Waals surface area contributed by atoms with Gasteiger partial charge in [-0.25, -0.2) is 15.4 Å². The van der Waals surface area contributed by atoms with Gasteiger partial charge in [-0.15, -0.1) is 0 Å². The smallest absolute Gasteiger partial charge is 0.243 e. The number of nitrogens with zero attached hydrogens (tertiary/aromatic N) is 4. The van der Waals surface area contributed by atoms with E-state index in [4.69, 9.17) is 14.7 Å². The van der Waals surface area contributed by atoms with E-state index in [0.29, 0.717) is 25.8 Å². The first-order valence-electron chi connectivity index (χ1n) is 17.6. The Bertz CT molecular complexity index is 1700. The number of carbonyl (C=O) groups excluding carboxylic acids is 2. The van der Waals surface area contributed by atoms with Crippen LogP contribution in [0.2, 0.25) is 0 Å². The molecule has 2 saturated heterocycles. The molecule has 0 aliphatic carbocycles. The topological polar surface area (TPSA) is 149 Å². The van der Waals surface area contributed by atoms with Gasteiger partial charge < -0.3 is 24.8 Å². The number of aromatic nitrogens is 2. The SMILES string of the molecule is O=C(CCCCC(=O)NCc1cccc(-c2ccc(C3OC(CN4CCN(c5ncccn5)CC4)CC(c4ccc(CO)cc4)O3)cc2)c1)NO. The maximum absolute atomic E-state index is 12.3. The van der Waals surface area contributed by atoms with E-state index in [-0.39, 0.29) is 31.1 Å². The Morgan fingerprint density at radius 1 is 0.784 bits per heavy atom. The monoisotopic (exact) mass is 694 g/mol. The lowest BCUT2D eigenvalue weighted by molar-refractivity contribution is -0.253. The number of ether oxygens (including phenoxy) is 2. The minimum atomic E-state index is -0.543. The zero-order chi connectivity index (χ0) is 35.4. The second-order valence-electron chi connectivity index (χ2n) is 13.0. The van der Waals surface area contributed by atoms with Crippen LogP contribution in [0.1, 0.15) is 66.8 Å². The average Bonchev–Trinajstić information content (AvgIpc) is 3.19. The minimum Gasteiger partial charge on any atom is -0.392 e. The summed E-state index contributed by atoms with van der Waals surface area (Å²) >= 11 is 0. The predicted molar refractivity (Wildman–Crippen MR) is 191 cm³/mol. The van der Waals surface area contributed by atoms with Crippen molar-refractivity contribution in [3.8, 4) is 11.1 Å². The average molecular weight is 695 g/mol. The molecule has 51 heavy (non-hydrogen) atoms. The number of rotatable bonds is 14. The maximum Gasteiger partial charge on any atom is 0.243 e. The predicted octanol–water partition coefficient (Wildman–Crippen LogP) is 4.69. The fourth-order valence-electron chi connectivity index (χ4n) is 6.52. The van der Waals surface area contributed by atoms with Crippen LogP contribution in [0.4, 0.5) is 5.95 Å². The van der Waals surface area contributed by atoms with Crippen molar-refractivity contribution in [2.75, 3.05) is 37.6 Å². The van der Waals surface area contributed by atoms with Crippen molar-refractivity contribution in [2.24, 2.45) is 0 Å². The van der Waals surface area contributed by atoms with Gasteiger partial charge in [0.05, 0.1) is 18.8 Å². The van der Waals surface area contributed by atoms with E-state index in [1.54, 1.807) is 17.9 Å². The number of unbranched alkanes of at least 4 members (excludes halogenated alkanes) is 1. The van der Waals surface area contributed by atoms with E-state index < -0.39 is 12.2 Å². The number of nitrogens with one attached hydrogen (secondary N) is 2. The van der Waals surface area contributed by atoms with Crippen LogP contribution in [0, 0.1) is 0 Å². The van der Waals surface area contributed by atoms with Crippen LogP contribution in [-0.2, 0) is 32.2 Å². The highest BCUT2D eigenvalue weighted by Gasteiger charge is 2.34. The second kappa shape index (κ2) is 18.0. The van der Waals surface area contributed by atoms with Crippen LogP contribution in [0.3, 0.4) is 0 Å². The van der Waals surface area contributed by atoms with Gasteiger partial charge in [-0.05, 0) is 52.8 Å². The molecule has 1 aromatic heterocycles. The van der Waals surface area contributed by atoms with Crippen LogP contribution in [0.15, 0.2) is 91.3 Å². The van der Waals surface area contributed by atoms with E-state index in [1.165, 1.54) is 0 Å². The summed E-state index contributed by atoms with van der Waals surface area (Å²) in [5.41, 5.74) is 7.53. The Morgan fingerprint density at radius 2 is 1.49 bits per heavy atom. The van der Waals surface area contributed by atoms with E-state index in [2.05, 4.69) is 55.4 Å². The molecule has 2 aliphatic heterocycles. The first kappa shape index (κ1) is 36.1. The lowest BCUT2D eigenvalue weighted by Gasteiger charge is -2.40. The summed E-state index contributed by atoms with van der Waals surface area (Å²) in [6.07, 6.45) is 5.14. The number of carbonyl (C=O) groups is 2. The third-order valence-electron chi connectivity index (χ3n) is 9.40. The van der Waals surface area contributed by atoms with E-state index in [1.807, 2.05) is 48.5 Å². The Morgan fingerprint density at radius 3 is 2.20 bits per heavy atom. The maximum atomic E-state index is 12.3. The standard InChI is InChI=1S/C39H46N6O6/c46-27-28-9-11-31(12-10-28)35-24-34(26-44-19-21-45(22-20-44)39-40-17-4-18-41-39)50-38(51-35)32-15-13-30(14-16-32)33-6-3-5-29(23-33)25-42-36(47)7-1-2-8-37(48)43-49/h3-6,9-18,23,34-35,38,46,49H,1-2,7-8,19-22,24-27H2,(H,42,47)(H,43,48). The molecule has 6 rings (SSSR count). The molecule has 12 heteroatoms. The van der Waals surface area contributed by atoms with Crippen molar-refractivity contribution in [2.45, 2.75) is 63.8 Å². The zero-order valence-corrected chi connectivity index (χ0v) is 28.7. The molecule has 268 valence electrons. The van der Waals surface area contributed by atoms with Crippen LogP contribution < -0.4 is 15.7 Å². The number of hydroxylamine groups is 1. The Hall–Kier alpha value is -4.72. The summed E-state index contributed by atoms with van der Waals surface area (Å²) < 4.78 is 13.2. The third kappa shape index (κ3) is 10.2. The summed E-state index contributed by atoms with van der Waals surface area (Å²) in [6, 6.07) is 26.1. The van der Waals surface area contributed by atoms with Crippen molar-refractivity contribution in [3.05, 3.63) is 114 Å². The first-order valence-corrected chi connectivity index (χ1v) is 17.6. The first-order chi connectivity index (χ1) is 25.0. The molecule has 2 aliphatic rings. The number of aliphatic hydroxyl groups is 1. The molecule has 2 fully saturated rings. The summed E-state index contributed by atoms with van der Waals surface area (Å²) in [6.45, 7) is 4.68. The van der Waals surface area contributed by atoms with Gasteiger partial charge in [0.1, 0.15) is 0 Å². The molecule has 0 saturated carbocycles. The number of hydrogen-bond acceptors (Lipinski definition) is 10. The van der Waals surface area contributed by atoms with Crippen molar-refractivity contribution < 1.29 is 29.4 Å². The normalized spacial score (nSPS) is 19.4. The Labute approximate surface area is 298 Å². The lowest BCUT2D eigenvalue weighted by atomic mass is 9.98. The van der Waals surface area contributed by atoms with Crippen molar-refractivity contribution in [3.63, 3.8) is 0 Å². The molecule has 3 atom stereocenters. The van der Waals surface area contributed by atoms with Gasteiger partial charge in [0.25, 0.3) is 0 Å². The largest absolute Gasteiger partial charge is 0.392 e. The fraction of sp³-hybridized carbons (Fsp3) is 0.385. The second-order valence-corrected chi connectivity index (χ2v) is 13.0. The van der Waals surface area contributed by atoms with Crippen molar-refractivity contribution in [1.29, 1.82) is 0 Å². The quantitative estimate of drug-likeness (QED) is 0.0833. The Balaban J connectivity index is 1.08.